The number of aromatic nitrogens is 1. The standard InChI is InChI=1S/C29H32F3N3O/c30-29(31,32)24-15-22-19-35(14-10-26(22)33-18-24)27(36)28-11-4-7-23(28)16-25(17-28)34-12-8-21(9-13-34)20-5-2-1-3-6-20/h1-3,5-7,15,18,21,25H,4,8-14,16-17,19H2. The van der Waals surface area contributed by atoms with E-state index in [0.29, 0.717) is 36.2 Å². The van der Waals surface area contributed by atoms with Gasteiger partial charge in [0, 0.05) is 37.4 Å². The van der Waals surface area contributed by atoms with Crippen LogP contribution >= 0.6 is 0 Å². The Hall–Kier alpha value is -2.67. The highest BCUT2D eigenvalue weighted by Crippen LogP contribution is 2.54. The van der Waals surface area contributed by atoms with Crippen LogP contribution in [0.1, 0.15) is 66.8 Å². The molecule has 0 bridgehead atoms. The van der Waals surface area contributed by atoms with Gasteiger partial charge in [0.05, 0.1) is 11.0 Å². The Labute approximate surface area is 210 Å². The summed E-state index contributed by atoms with van der Waals surface area (Å²) in [6.45, 7) is 2.83. The lowest BCUT2D eigenvalue weighted by Crippen LogP contribution is -2.46. The first-order valence-electron chi connectivity index (χ1n) is 13.2. The van der Waals surface area contributed by atoms with E-state index in [4.69, 9.17) is 0 Å². The first-order chi connectivity index (χ1) is 17.3. The van der Waals surface area contributed by atoms with E-state index in [2.05, 4.69) is 46.3 Å². The number of amides is 1. The number of piperidine rings is 1. The van der Waals surface area contributed by atoms with E-state index >= 15 is 0 Å². The summed E-state index contributed by atoms with van der Waals surface area (Å²) in [6.07, 6.45) is 5.02. The molecule has 3 heterocycles. The second-order valence-electron chi connectivity index (χ2n) is 10.9. The lowest BCUT2D eigenvalue weighted by Gasteiger charge is -2.38. The van der Waals surface area contributed by atoms with Gasteiger partial charge in [0.1, 0.15) is 0 Å². The fourth-order valence-corrected chi connectivity index (χ4v) is 7.06. The highest BCUT2D eigenvalue weighted by molar-refractivity contribution is 5.87. The van der Waals surface area contributed by atoms with Crippen LogP contribution in [0.4, 0.5) is 13.2 Å². The summed E-state index contributed by atoms with van der Waals surface area (Å²) in [5, 5.41) is 0. The first kappa shape index (κ1) is 23.7. The third-order valence-electron chi connectivity index (χ3n) is 9.00. The van der Waals surface area contributed by atoms with Crippen molar-refractivity contribution in [2.75, 3.05) is 19.6 Å². The number of nitrogens with zero attached hydrogens (tertiary/aromatic N) is 3. The Morgan fingerprint density at radius 1 is 1.08 bits per heavy atom. The van der Waals surface area contributed by atoms with Crippen molar-refractivity contribution in [2.45, 2.75) is 69.6 Å². The molecule has 2 aliphatic heterocycles. The van der Waals surface area contributed by atoms with Crippen molar-refractivity contribution < 1.29 is 18.0 Å². The van der Waals surface area contributed by atoms with E-state index in [0.717, 1.165) is 57.8 Å². The molecule has 0 N–H and O–H groups in total. The van der Waals surface area contributed by atoms with Crippen molar-refractivity contribution in [3.8, 4) is 0 Å². The topological polar surface area (TPSA) is 36.4 Å². The van der Waals surface area contributed by atoms with E-state index in [1.165, 1.54) is 17.2 Å². The number of likely N-dealkylation sites (tertiary alicyclic amines) is 1. The van der Waals surface area contributed by atoms with Crippen molar-refractivity contribution in [1.29, 1.82) is 0 Å². The van der Waals surface area contributed by atoms with Gasteiger partial charge in [0.2, 0.25) is 5.91 Å². The number of alkyl halides is 3. The molecule has 4 aliphatic rings. The van der Waals surface area contributed by atoms with Crippen molar-refractivity contribution in [2.24, 2.45) is 5.41 Å². The fourth-order valence-electron chi connectivity index (χ4n) is 7.06. The van der Waals surface area contributed by atoms with E-state index < -0.39 is 17.2 Å². The lowest BCUT2D eigenvalue weighted by molar-refractivity contribution is -0.141. The molecule has 2 fully saturated rings. The summed E-state index contributed by atoms with van der Waals surface area (Å²) in [7, 11) is 0. The maximum Gasteiger partial charge on any atom is 0.417 e. The van der Waals surface area contributed by atoms with E-state index in [9.17, 15) is 18.0 Å². The lowest BCUT2D eigenvalue weighted by atomic mass is 9.80. The molecule has 4 nitrogen and oxygen atoms in total. The quantitative estimate of drug-likeness (QED) is 0.510. The molecule has 1 aromatic heterocycles. The average Bonchev–Trinajstić information content (AvgIpc) is 3.46. The Bertz CT molecular complexity index is 1170. The van der Waals surface area contributed by atoms with Gasteiger partial charge in [-0.2, -0.15) is 13.2 Å². The molecular formula is C29H32F3N3O. The number of hydrogen-bond acceptors (Lipinski definition) is 3. The van der Waals surface area contributed by atoms with Crippen molar-refractivity contribution in [1.82, 2.24) is 14.8 Å². The zero-order valence-corrected chi connectivity index (χ0v) is 20.4. The normalized spacial score (nSPS) is 27.0. The number of carbonyl (C=O) groups is 1. The van der Waals surface area contributed by atoms with Gasteiger partial charge < -0.3 is 4.90 Å². The van der Waals surface area contributed by atoms with Crippen LogP contribution in [0.25, 0.3) is 0 Å². The van der Waals surface area contributed by atoms with E-state index in [1.54, 1.807) is 4.90 Å². The maximum atomic E-state index is 14.0. The van der Waals surface area contributed by atoms with Crippen LogP contribution in [-0.4, -0.2) is 46.4 Å². The van der Waals surface area contributed by atoms with Gasteiger partial charge in [0.15, 0.2) is 0 Å². The van der Waals surface area contributed by atoms with Crippen LogP contribution in [0.2, 0.25) is 0 Å². The minimum Gasteiger partial charge on any atom is -0.337 e. The Balaban J connectivity index is 1.15. The molecule has 1 saturated heterocycles. The molecule has 2 unspecified atom stereocenters. The zero-order valence-electron chi connectivity index (χ0n) is 20.4. The second-order valence-corrected chi connectivity index (χ2v) is 10.9. The largest absolute Gasteiger partial charge is 0.417 e. The summed E-state index contributed by atoms with van der Waals surface area (Å²) in [4.78, 5) is 22.4. The van der Waals surface area contributed by atoms with Crippen molar-refractivity contribution >= 4 is 5.91 Å². The molecule has 0 radical (unpaired) electrons. The molecule has 1 amide bonds. The van der Waals surface area contributed by atoms with Gasteiger partial charge in [-0.25, -0.2) is 0 Å². The predicted octanol–water partition coefficient (Wildman–Crippen LogP) is 5.73. The van der Waals surface area contributed by atoms with Crippen LogP contribution in [0.5, 0.6) is 0 Å². The number of hydrogen-bond donors (Lipinski definition) is 0. The molecule has 2 atom stereocenters. The SMILES string of the molecule is O=C(N1CCc2ncc(C(F)(F)F)cc2C1)C12CCC=C1CC(N1CCC(c3ccccc3)CC1)C2. The van der Waals surface area contributed by atoms with Crippen LogP contribution in [0, 0.1) is 5.41 Å². The van der Waals surface area contributed by atoms with Crippen molar-refractivity contribution in [3.05, 3.63) is 76.6 Å². The van der Waals surface area contributed by atoms with Crippen LogP contribution in [0.15, 0.2) is 54.2 Å². The van der Waals surface area contributed by atoms with Gasteiger partial charge in [0.25, 0.3) is 0 Å². The molecule has 6 rings (SSSR count). The van der Waals surface area contributed by atoms with Gasteiger partial charge in [-0.1, -0.05) is 42.0 Å². The first-order valence-corrected chi connectivity index (χ1v) is 13.2. The minimum absolute atomic E-state index is 0.107. The summed E-state index contributed by atoms with van der Waals surface area (Å²) in [5.74, 6) is 0.706. The van der Waals surface area contributed by atoms with Gasteiger partial charge in [-0.15, -0.1) is 0 Å². The smallest absolute Gasteiger partial charge is 0.337 e. The molecule has 2 aromatic rings. The third-order valence-corrected chi connectivity index (χ3v) is 9.00. The fraction of sp³-hybridized carbons (Fsp3) is 0.517. The highest BCUT2D eigenvalue weighted by atomic mass is 19.4. The minimum atomic E-state index is -4.43. The van der Waals surface area contributed by atoms with Crippen LogP contribution in [0.3, 0.4) is 0 Å². The molecule has 0 spiro atoms. The van der Waals surface area contributed by atoms with Crippen LogP contribution in [-0.2, 0) is 23.9 Å². The Kier molecular flexibility index (Phi) is 5.94. The van der Waals surface area contributed by atoms with Crippen LogP contribution < -0.4 is 0 Å². The zero-order chi connectivity index (χ0) is 24.9. The highest BCUT2D eigenvalue weighted by Gasteiger charge is 2.53. The summed E-state index contributed by atoms with van der Waals surface area (Å²) in [5.41, 5.74) is 2.67. The van der Waals surface area contributed by atoms with Gasteiger partial charge >= 0.3 is 6.18 Å². The number of benzene rings is 1. The van der Waals surface area contributed by atoms with E-state index in [-0.39, 0.29) is 12.5 Å². The second kappa shape index (κ2) is 9.02. The van der Waals surface area contributed by atoms with Gasteiger partial charge in [-0.05, 0) is 74.7 Å². The Morgan fingerprint density at radius 2 is 1.86 bits per heavy atom. The van der Waals surface area contributed by atoms with E-state index in [1.807, 2.05) is 0 Å². The monoisotopic (exact) mass is 495 g/mol. The number of fused-ring (bicyclic) bond motifs is 2. The summed E-state index contributed by atoms with van der Waals surface area (Å²) in [6, 6.07) is 12.3. The Morgan fingerprint density at radius 3 is 2.61 bits per heavy atom. The number of allylic oxidation sites excluding steroid dienone is 1. The molecule has 1 saturated carbocycles. The molecular weight excluding hydrogens is 463 g/mol. The van der Waals surface area contributed by atoms with Crippen molar-refractivity contribution in [3.63, 3.8) is 0 Å². The number of carbonyl (C=O) groups excluding carboxylic acids is 1. The maximum absolute atomic E-state index is 14.0. The number of halogens is 3. The van der Waals surface area contributed by atoms with Gasteiger partial charge in [-0.3, -0.25) is 14.7 Å². The molecule has 190 valence electrons. The number of rotatable bonds is 3. The molecule has 2 aliphatic carbocycles. The number of pyridine rings is 1. The third kappa shape index (κ3) is 4.15. The predicted molar refractivity (Wildman–Crippen MR) is 131 cm³/mol. The average molecular weight is 496 g/mol. The summed E-state index contributed by atoms with van der Waals surface area (Å²) < 4.78 is 39.7. The molecule has 36 heavy (non-hydrogen) atoms. The summed E-state index contributed by atoms with van der Waals surface area (Å²) >= 11 is 0. The molecule has 1 aromatic carbocycles. The molecule has 7 heteroatoms.